The van der Waals surface area contributed by atoms with Gasteiger partial charge in [0.15, 0.2) is 18.1 Å². The number of aromatic nitrogens is 2. The van der Waals surface area contributed by atoms with Crippen LogP contribution in [-0.4, -0.2) is 29.5 Å². The van der Waals surface area contributed by atoms with Crippen LogP contribution in [0.3, 0.4) is 0 Å². The molecule has 1 aliphatic heterocycles. The third-order valence-corrected chi connectivity index (χ3v) is 5.02. The van der Waals surface area contributed by atoms with Gasteiger partial charge >= 0.3 is 0 Å². The van der Waals surface area contributed by atoms with Crippen LogP contribution in [-0.2, 0) is 17.6 Å². The van der Waals surface area contributed by atoms with Crippen LogP contribution in [0.15, 0.2) is 48.5 Å². The highest BCUT2D eigenvalue weighted by molar-refractivity contribution is 7.15. The van der Waals surface area contributed by atoms with Crippen LogP contribution in [0.25, 0.3) is 0 Å². The van der Waals surface area contributed by atoms with Crippen molar-refractivity contribution in [2.75, 3.05) is 18.7 Å². The molecule has 4 rings (SSSR count). The lowest BCUT2D eigenvalue weighted by Gasteiger charge is -2.06. The highest BCUT2D eigenvalue weighted by atomic mass is 32.1. The van der Waals surface area contributed by atoms with Crippen molar-refractivity contribution in [2.24, 2.45) is 0 Å². The molecule has 1 amide bonds. The monoisotopic (exact) mass is 397 g/mol. The molecule has 0 saturated heterocycles. The number of hydrogen-bond donors (Lipinski definition) is 1. The lowest BCUT2D eigenvalue weighted by atomic mass is 10.1. The van der Waals surface area contributed by atoms with Gasteiger partial charge in [0.1, 0.15) is 10.8 Å². The first-order valence-corrected chi connectivity index (χ1v) is 9.76. The quantitative estimate of drug-likeness (QED) is 0.627. The van der Waals surface area contributed by atoms with E-state index in [9.17, 15) is 4.79 Å². The van der Waals surface area contributed by atoms with Gasteiger partial charge < -0.3 is 14.2 Å². The summed E-state index contributed by atoms with van der Waals surface area (Å²) >= 11 is 1.39. The summed E-state index contributed by atoms with van der Waals surface area (Å²) in [6.07, 6.45) is 2.81. The molecule has 0 atom stereocenters. The molecular weight excluding hydrogens is 378 g/mol. The topological polar surface area (TPSA) is 82.6 Å². The first kappa shape index (κ1) is 18.2. The van der Waals surface area contributed by atoms with E-state index in [1.165, 1.54) is 16.9 Å². The highest BCUT2D eigenvalue weighted by Gasteiger charge is 2.14. The number of aryl methyl sites for hydroxylation is 2. The number of carbonyl (C=O) groups excluding carboxylic acids is 1. The molecule has 3 aromatic rings. The van der Waals surface area contributed by atoms with E-state index in [0.717, 1.165) is 24.3 Å². The Morgan fingerprint density at radius 1 is 1.07 bits per heavy atom. The first-order valence-electron chi connectivity index (χ1n) is 8.95. The van der Waals surface area contributed by atoms with E-state index in [4.69, 9.17) is 14.2 Å². The molecule has 1 N–H and O–H groups in total. The van der Waals surface area contributed by atoms with Crippen molar-refractivity contribution in [2.45, 2.75) is 19.3 Å². The molecule has 1 aliphatic rings. The van der Waals surface area contributed by atoms with Gasteiger partial charge in [-0.2, -0.15) is 0 Å². The molecule has 2 heterocycles. The van der Waals surface area contributed by atoms with Crippen molar-refractivity contribution < 1.29 is 19.0 Å². The number of amides is 1. The molecule has 0 aliphatic carbocycles. The molecular formula is C20H19N3O4S. The zero-order valence-corrected chi connectivity index (χ0v) is 15.9. The average molecular weight is 397 g/mol. The second kappa shape index (κ2) is 8.71. The molecule has 0 fully saturated rings. The van der Waals surface area contributed by atoms with Crippen LogP contribution in [0.1, 0.15) is 17.0 Å². The number of fused-ring (bicyclic) bond motifs is 1. The van der Waals surface area contributed by atoms with Crippen LogP contribution < -0.4 is 19.5 Å². The minimum Gasteiger partial charge on any atom is -0.484 e. The van der Waals surface area contributed by atoms with Gasteiger partial charge in [-0.1, -0.05) is 41.7 Å². The van der Waals surface area contributed by atoms with Crippen molar-refractivity contribution in [1.29, 1.82) is 0 Å². The third kappa shape index (κ3) is 4.77. The summed E-state index contributed by atoms with van der Waals surface area (Å²) in [5, 5.41) is 12.3. The van der Waals surface area contributed by atoms with Crippen LogP contribution in [0, 0.1) is 0 Å². The Morgan fingerprint density at radius 3 is 2.82 bits per heavy atom. The normalized spacial score (nSPS) is 12.0. The lowest BCUT2D eigenvalue weighted by molar-refractivity contribution is -0.118. The summed E-state index contributed by atoms with van der Waals surface area (Å²) in [7, 11) is 0. The highest BCUT2D eigenvalue weighted by Crippen LogP contribution is 2.35. The maximum Gasteiger partial charge on any atom is 0.264 e. The molecule has 0 saturated carbocycles. The Kier molecular flexibility index (Phi) is 5.67. The van der Waals surface area contributed by atoms with Crippen molar-refractivity contribution in [3.8, 4) is 17.2 Å². The smallest absolute Gasteiger partial charge is 0.264 e. The summed E-state index contributed by atoms with van der Waals surface area (Å²) in [5.41, 5.74) is 1.31. The standard InChI is InChI=1S/C20H19N3O4S/c24-18(12-25-15-9-10-16-17(11-15)27-13-26-16)21-20-23-22-19(28-20)8-4-7-14-5-2-1-3-6-14/h1-3,5-6,9-11H,4,7-8,12-13H2,(H,21,23,24). The minimum atomic E-state index is -0.287. The molecule has 1 aromatic heterocycles. The van der Waals surface area contributed by atoms with Crippen molar-refractivity contribution >= 4 is 22.4 Å². The van der Waals surface area contributed by atoms with Gasteiger partial charge in [0.25, 0.3) is 5.91 Å². The Balaban J connectivity index is 1.21. The fourth-order valence-corrected chi connectivity index (χ4v) is 3.56. The molecule has 144 valence electrons. The second-order valence-corrected chi connectivity index (χ2v) is 7.25. The Morgan fingerprint density at radius 2 is 1.93 bits per heavy atom. The van der Waals surface area contributed by atoms with E-state index < -0.39 is 0 Å². The van der Waals surface area contributed by atoms with E-state index in [1.54, 1.807) is 18.2 Å². The minimum absolute atomic E-state index is 0.122. The van der Waals surface area contributed by atoms with Gasteiger partial charge in [0, 0.05) is 12.5 Å². The van der Waals surface area contributed by atoms with Crippen LogP contribution >= 0.6 is 11.3 Å². The molecule has 0 radical (unpaired) electrons. The summed E-state index contributed by atoms with van der Waals surface area (Å²) in [6.45, 7) is 0.0760. The molecule has 0 bridgehead atoms. The van der Waals surface area contributed by atoms with E-state index >= 15 is 0 Å². The largest absolute Gasteiger partial charge is 0.484 e. The fraction of sp³-hybridized carbons (Fsp3) is 0.250. The van der Waals surface area contributed by atoms with Gasteiger partial charge in [0.2, 0.25) is 11.9 Å². The lowest BCUT2D eigenvalue weighted by Crippen LogP contribution is -2.20. The molecule has 8 heteroatoms. The van der Waals surface area contributed by atoms with Crippen molar-refractivity contribution in [1.82, 2.24) is 10.2 Å². The number of carbonyl (C=O) groups is 1. The van der Waals surface area contributed by atoms with Crippen LogP contribution in [0.5, 0.6) is 17.2 Å². The molecule has 0 spiro atoms. The number of nitrogens with one attached hydrogen (secondary N) is 1. The summed E-state index contributed by atoms with van der Waals surface area (Å²) in [5.74, 6) is 1.54. The molecule has 28 heavy (non-hydrogen) atoms. The first-order chi connectivity index (χ1) is 13.8. The zero-order chi connectivity index (χ0) is 19.2. The summed E-state index contributed by atoms with van der Waals surface area (Å²) in [6, 6.07) is 15.5. The van der Waals surface area contributed by atoms with Crippen LogP contribution in [0.2, 0.25) is 0 Å². The maximum atomic E-state index is 12.1. The SMILES string of the molecule is O=C(COc1ccc2c(c1)OCO2)Nc1nnc(CCCc2ccccc2)s1. The number of nitrogens with zero attached hydrogens (tertiary/aromatic N) is 2. The Bertz CT molecular complexity index is 946. The van der Waals surface area contributed by atoms with Gasteiger partial charge in [-0.15, -0.1) is 10.2 Å². The van der Waals surface area contributed by atoms with Crippen molar-refractivity contribution in [3.63, 3.8) is 0 Å². The van der Waals surface area contributed by atoms with Gasteiger partial charge in [0.05, 0.1) is 0 Å². The van der Waals surface area contributed by atoms with E-state index in [0.29, 0.717) is 22.4 Å². The van der Waals surface area contributed by atoms with E-state index in [1.807, 2.05) is 18.2 Å². The predicted molar refractivity (Wildman–Crippen MR) is 105 cm³/mol. The zero-order valence-electron chi connectivity index (χ0n) is 15.1. The average Bonchev–Trinajstić information content (AvgIpc) is 3.36. The van der Waals surface area contributed by atoms with Gasteiger partial charge in [-0.05, 0) is 30.5 Å². The van der Waals surface area contributed by atoms with Gasteiger partial charge in [-0.3, -0.25) is 10.1 Å². The number of ether oxygens (including phenoxy) is 3. The number of anilines is 1. The number of rotatable bonds is 8. The molecule has 7 nitrogen and oxygen atoms in total. The second-order valence-electron chi connectivity index (χ2n) is 6.19. The number of benzene rings is 2. The summed E-state index contributed by atoms with van der Waals surface area (Å²) in [4.78, 5) is 12.1. The Hall–Kier alpha value is -3.13. The Labute approximate surface area is 166 Å². The summed E-state index contributed by atoms with van der Waals surface area (Å²) < 4.78 is 16.0. The number of hydrogen-bond acceptors (Lipinski definition) is 7. The van der Waals surface area contributed by atoms with Gasteiger partial charge in [-0.25, -0.2) is 0 Å². The van der Waals surface area contributed by atoms with E-state index in [2.05, 4.69) is 27.6 Å². The third-order valence-electron chi connectivity index (χ3n) is 4.13. The van der Waals surface area contributed by atoms with Crippen molar-refractivity contribution in [3.05, 3.63) is 59.1 Å². The van der Waals surface area contributed by atoms with E-state index in [-0.39, 0.29) is 19.3 Å². The fourth-order valence-electron chi connectivity index (χ4n) is 2.76. The maximum absolute atomic E-state index is 12.1. The van der Waals surface area contributed by atoms with Crippen LogP contribution in [0.4, 0.5) is 5.13 Å². The predicted octanol–water partition coefficient (Wildman–Crippen LogP) is 3.46. The molecule has 0 unspecified atom stereocenters. The molecule has 2 aromatic carbocycles.